The molecular weight excluding hydrogens is 168 g/mol. The molecule has 0 amide bonds. The zero-order valence-corrected chi connectivity index (χ0v) is 12.0. The molecule has 0 atom stereocenters. The Bertz CT molecular complexity index is 118. The van der Waals surface area contributed by atoms with Crippen molar-refractivity contribution in [3.05, 3.63) is 0 Å². The van der Waals surface area contributed by atoms with Gasteiger partial charge < -0.3 is 0 Å². The van der Waals surface area contributed by atoms with Crippen LogP contribution < -0.4 is 0 Å². The highest BCUT2D eigenvalue weighted by Gasteiger charge is 2.13. The van der Waals surface area contributed by atoms with E-state index in [4.69, 9.17) is 0 Å². The molecule has 0 nitrogen and oxygen atoms in total. The largest absolute Gasteiger partial charge is 0.0654 e. The summed E-state index contributed by atoms with van der Waals surface area (Å²) in [5.74, 6) is 0.799. The summed E-state index contributed by atoms with van der Waals surface area (Å²) in [7, 11) is 0. The van der Waals surface area contributed by atoms with Crippen molar-refractivity contribution >= 4 is 0 Å². The topological polar surface area (TPSA) is 0 Å². The summed E-state index contributed by atoms with van der Waals surface area (Å²) in [6, 6.07) is 0. The molecule has 0 aromatic heterocycles. The second-order valence-electron chi connectivity index (χ2n) is 6.83. The highest BCUT2D eigenvalue weighted by Crippen LogP contribution is 2.23. The van der Waals surface area contributed by atoms with Gasteiger partial charge in [0.2, 0.25) is 0 Å². The maximum absolute atomic E-state index is 2.27. The van der Waals surface area contributed by atoms with E-state index in [2.05, 4.69) is 62.3 Å². The zero-order valence-electron chi connectivity index (χ0n) is 12.0. The van der Waals surface area contributed by atoms with Crippen LogP contribution in [0.1, 0.15) is 75.2 Å². The fourth-order valence-corrected chi connectivity index (χ4v) is 0.750. The van der Waals surface area contributed by atoms with E-state index in [0.717, 1.165) is 5.92 Å². The van der Waals surface area contributed by atoms with Crippen molar-refractivity contribution in [3.8, 4) is 0 Å². The van der Waals surface area contributed by atoms with Crippen LogP contribution in [-0.2, 0) is 0 Å². The molecule has 0 saturated carbocycles. The van der Waals surface area contributed by atoms with Crippen LogP contribution in [0.15, 0.2) is 0 Å². The first-order valence-corrected chi connectivity index (χ1v) is 6.00. The van der Waals surface area contributed by atoms with E-state index >= 15 is 0 Å². The lowest BCUT2D eigenvalue weighted by atomic mass is 9.84. The summed E-state index contributed by atoms with van der Waals surface area (Å²) in [4.78, 5) is 0. The third kappa shape index (κ3) is 14.5. The molecule has 0 aromatic rings. The average molecular weight is 200 g/mol. The Labute approximate surface area is 92.5 Å². The van der Waals surface area contributed by atoms with Crippen LogP contribution in [0.5, 0.6) is 0 Å². The Morgan fingerprint density at radius 2 is 1.14 bits per heavy atom. The van der Waals surface area contributed by atoms with Gasteiger partial charge in [-0.3, -0.25) is 0 Å². The Kier molecular flexibility index (Phi) is 7.60. The van der Waals surface area contributed by atoms with Crippen molar-refractivity contribution in [1.82, 2.24) is 0 Å². The highest BCUT2D eigenvalue weighted by atomic mass is 14.2. The second kappa shape index (κ2) is 6.48. The molecule has 0 bridgehead atoms. The van der Waals surface area contributed by atoms with Gasteiger partial charge in [-0.2, -0.15) is 0 Å². The lowest BCUT2D eigenvalue weighted by Crippen LogP contribution is -2.12. The minimum Gasteiger partial charge on any atom is -0.0654 e. The molecule has 0 heterocycles. The minimum atomic E-state index is 0.500. The van der Waals surface area contributed by atoms with Crippen LogP contribution in [0, 0.1) is 16.7 Å². The van der Waals surface area contributed by atoms with Gasteiger partial charge in [0.25, 0.3) is 0 Å². The van der Waals surface area contributed by atoms with Gasteiger partial charge in [-0.15, -0.1) is 0 Å². The zero-order chi connectivity index (χ0) is 12.0. The summed E-state index contributed by atoms with van der Waals surface area (Å²) in [5.41, 5.74) is 1.05. The third-order valence-corrected chi connectivity index (χ3v) is 2.73. The van der Waals surface area contributed by atoms with Crippen molar-refractivity contribution in [2.45, 2.75) is 75.2 Å². The van der Waals surface area contributed by atoms with Crippen LogP contribution in [0.25, 0.3) is 0 Å². The van der Waals surface area contributed by atoms with Crippen molar-refractivity contribution < 1.29 is 0 Å². The Morgan fingerprint density at radius 3 is 1.14 bits per heavy atom. The predicted molar refractivity (Wildman–Crippen MR) is 68.7 cm³/mol. The lowest BCUT2D eigenvalue weighted by molar-refractivity contribution is 0.283. The minimum absolute atomic E-state index is 0.500. The molecule has 0 N–H and O–H groups in total. The van der Waals surface area contributed by atoms with Crippen molar-refractivity contribution in [2.24, 2.45) is 16.7 Å². The summed E-state index contributed by atoms with van der Waals surface area (Å²) in [6.07, 6.45) is 2.65. The first kappa shape index (κ1) is 16.4. The monoisotopic (exact) mass is 200 g/mol. The van der Waals surface area contributed by atoms with Gasteiger partial charge in [0.15, 0.2) is 0 Å². The van der Waals surface area contributed by atoms with E-state index in [1.165, 1.54) is 12.8 Å². The van der Waals surface area contributed by atoms with Gasteiger partial charge in [0, 0.05) is 0 Å². The second-order valence-corrected chi connectivity index (χ2v) is 6.83. The molecule has 14 heavy (non-hydrogen) atoms. The van der Waals surface area contributed by atoms with Gasteiger partial charge in [-0.25, -0.2) is 0 Å². The standard InChI is InChI=1S/2C7H16/c1-6(2)7(3,4)5;1-5-6-7(2,3)4/h6H,1-5H3;5-6H2,1-4H3. The predicted octanol–water partition coefficient (Wildman–Crippen LogP) is 5.52. The van der Waals surface area contributed by atoms with Crippen molar-refractivity contribution in [2.75, 3.05) is 0 Å². The Hall–Kier alpha value is 0. The maximum Gasteiger partial charge on any atom is -0.0360 e. The molecule has 0 radical (unpaired) electrons. The first-order chi connectivity index (χ1) is 6.00. The molecule has 0 aliphatic heterocycles. The smallest absolute Gasteiger partial charge is 0.0360 e. The first-order valence-electron chi connectivity index (χ1n) is 6.00. The average Bonchev–Trinajstić information content (AvgIpc) is 1.82. The van der Waals surface area contributed by atoms with E-state index in [-0.39, 0.29) is 0 Å². The Morgan fingerprint density at radius 1 is 0.857 bits per heavy atom. The maximum atomic E-state index is 2.27. The van der Waals surface area contributed by atoms with E-state index in [1.54, 1.807) is 0 Å². The quantitative estimate of drug-likeness (QED) is 0.523. The molecule has 0 saturated heterocycles. The highest BCUT2D eigenvalue weighted by molar-refractivity contribution is 4.64. The summed E-state index contributed by atoms with van der Waals surface area (Å²) >= 11 is 0. The van der Waals surface area contributed by atoms with Gasteiger partial charge in [-0.1, -0.05) is 68.7 Å². The summed E-state index contributed by atoms with van der Waals surface area (Å²) in [6.45, 7) is 20.3. The van der Waals surface area contributed by atoms with Gasteiger partial charge in [-0.05, 0) is 23.2 Å². The molecule has 0 unspecified atom stereocenters. The van der Waals surface area contributed by atoms with Gasteiger partial charge in [0.05, 0.1) is 0 Å². The fourth-order valence-electron chi connectivity index (χ4n) is 0.750. The van der Waals surface area contributed by atoms with Crippen LogP contribution in [-0.4, -0.2) is 0 Å². The van der Waals surface area contributed by atoms with Crippen molar-refractivity contribution in [3.63, 3.8) is 0 Å². The lowest BCUT2D eigenvalue weighted by Gasteiger charge is -2.22. The number of hydrogen-bond acceptors (Lipinski definition) is 0. The van der Waals surface area contributed by atoms with Gasteiger partial charge >= 0.3 is 0 Å². The van der Waals surface area contributed by atoms with E-state index < -0.39 is 0 Å². The molecule has 0 fully saturated rings. The SMILES string of the molecule is CC(C)C(C)(C)C.CCCC(C)(C)C. The molecule has 88 valence electrons. The molecule has 0 spiro atoms. The molecule has 0 aliphatic carbocycles. The normalized spacial score (nSPS) is 12.4. The third-order valence-electron chi connectivity index (χ3n) is 2.73. The van der Waals surface area contributed by atoms with Crippen LogP contribution in [0.2, 0.25) is 0 Å². The molecule has 0 heteroatoms. The van der Waals surface area contributed by atoms with E-state index in [1.807, 2.05) is 0 Å². The van der Waals surface area contributed by atoms with E-state index in [9.17, 15) is 0 Å². The summed E-state index contributed by atoms with van der Waals surface area (Å²) in [5, 5.41) is 0. The van der Waals surface area contributed by atoms with Crippen LogP contribution in [0.4, 0.5) is 0 Å². The van der Waals surface area contributed by atoms with Crippen molar-refractivity contribution in [1.29, 1.82) is 0 Å². The van der Waals surface area contributed by atoms with Crippen LogP contribution >= 0.6 is 0 Å². The summed E-state index contributed by atoms with van der Waals surface area (Å²) < 4.78 is 0. The molecular formula is C14H32. The van der Waals surface area contributed by atoms with Gasteiger partial charge in [0.1, 0.15) is 0 Å². The Balaban J connectivity index is 0. The van der Waals surface area contributed by atoms with Crippen LogP contribution in [0.3, 0.4) is 0 Å². The fraction of sp³-hybridized carbons (Fsp3) is 1.00. The molecule has 0 rings (SSSR count). The van der Waals surface area contributed by atoms with E-state index in [0.29, 0.717) is 10.8 Å². The molecule has 0 aliphatic rings. The number of rotatable bonds is 1. The number of hydrogen-bond donors (Lipinski definition) is 0. The molecule has 0 aromatic carbocycles.